The van der Waals surface area contributed by atoms with E-state index < -0.39 is 0 Å². The predicted octanol–water partition coefficient (Wildman–Crippen LogP) is 1.86. The molecule has 0 aromatic carbocycles. The van der Waals surface area contributed by atoms with Gasteiger partial charge in [0.25, 0.3) is 5.91 Å². The number of morpholine rings is 1. The van der Waals surface area contributed by atoms with Crippen molar-refractivity contribution in [3.05, 3.63) is 17.3 Å². The van der Waals surface area contributed by atoms with E-state index in [4.69, 9.17) is 9.15 Å². The van der Waals surface area contributed by atoms with Gasteiger partial charge in [-0.15, -0.1) is 0 Å². The molecule has 0 spiro atoms. The molecule has 2 aliphatic heterocycles. The predicted molar refractivity (Wildman–Crippen MR) is 86.5 cm³/mol. The Bertz CT molecular complexity index is 543. The number of aryl methyl sites for hydroxylation is 2. The minimum atomic E-state index is 0.0109. The molecule has 0 saturated carbocycles. The summed E-state index contributed by atoms with van der Waals surface area (Å²) >= 11 is 0. The van der Waals surface area contributed by atoms with Gasteiger partial charge in [-0.25, -0.2) is 4.98 Å². The number of hydrogen-bond acceptors (Lipinski definition) is 5. The van der Waals surface area contributed by atoms with Crippen molar-refractivity contribution < 1.29 is 13.9 Å². The molecule has 0 unspecified atom stereocenters. The number of amides is 1. The molecule has 0 N–H and O–H groups in total. The molecular weight excluding hydrogens is 294 g/mol. The van der Waals surface area contributed by atoms with Crippen molar-refractivity contribution in [3.8, 4) is 0 Å². The van der Waals surface area contributed by atoms with Crippen molar-refractivity contribution in [2.24, 2.45) is 5.92 Å². The van der Waals surface area contributed by atoms with E-state index in [2.05, 4.69) is 16.8 Å². The van der Waals surface area contributed by atoms with Gasteiger partial charge >= 0.3 is 0 Å². The molecule has 23 heavy (non-hydrogen) atoms. The highest BCUT2D eigenvalue weighted by molar-refractivity contribution is 5.93. The summed E-state index contributed by atoms with van der Waals surface area (Å²) in [5.41, 5.74) is 0.474. The molecule has 3 rings (SSSR count). The lowest BCUT2D eigenvalue weighted by Crippen LogP contribution is -2.49. The second kappa shape index (κ2) is 7.01. The van der Waals surface area contributed by atoms with Gasteiger partial charge in [0.15, 0.2) is 11.6 Å². The molecule has 1 aromatic heterocycles. The first kappa shape index (κ1) is 16.5. The lowest BCUT2D eigenvalue weighted by atomic mass is 9.89. The monoisotopic (exact) mass is 321 g/mol. The molecule has 1 atom stereocenters. The van der Waals surface area contributed by atoms with E-state index in [1.54, 1.807) is 13.8 Å². The maximum atomic E-state index is 12.6. The van der Waals surface area contributed by atoms with Gasteiger partial charge in [0.1, 0.15) is 5.76 Å². The lowest BCUT2D eigenvalue weighted by molar-refractivity contribution is -0.000992. The summed E-state index contributed by atoms with van der Waals surface area (Å²) in [6.45, 7) is 11.3. The van der Waals surface area contributed by atoms with Crippen molar-refractivity contribution in [1.29, 1.82) is 0 Å². The maximum Gasteiger partial charge on any atom is 0.276 e. The Hall–Kier alpha value is -1.40. The fourth-order valence-corrected chi connectivity index (χ4v) is 3.74. The number of piperidine rings is 1. The van der Waals surface area contributed by atoms with Crippen molar-refractivity contribution in [3.63, 3.8) is 0 Å². The summed E-state index contributed by atoms with van der Waals surface area (Å²) in [7, 11) is 0. The number of rotatable bonds is 3. The van der Waals surface area contributed by atoms with Gasteiger partial charge in [0.2, 0.25) is 0 Å². The minimum Gasteiger partial charge on any atom is -0.445 e. The molecule has 2 saturated heterocycles. The molecule has 0 aliphatic carbocycles. The Morgan fingerprint density at radius 2 is 1.83 bits per heavy atom. The van der Waals surface area contributed by atoms with Gasteiger partial charge in [0.05, 0.1) is 13.2 Å². The van der Waals surface area contributed by atoms with Gasteiger partial charge in [-0.1, -0.05) is 0 Å². The van der Waals surface area contributed by atoms with Crippen molar-refractivity contribution >= 4 is 5.91 Å². The number of carbonyl (C=O) groups is 1. The number of ether oxygens (including phenoxy) is 1. The Kier molecular flexibility index (Phi) is 5.02. The number of aromatic nitrogens is 1. The number of hydrogen-bond donors (Lipinski definition) is 0. The first-order valence-electron chi connectivity index (χ1n) is 8.61. The molecule has 1 aromatic rings. The molecular formula is C17H27N3O3. The largest absolute Gasteiger partial charge is 0.445 e. The molecule has 2 fully saturated rings. The quantitative estimate of drug-likeness (QED) is 0.850. The first-order chi connectivity index (χ1) is 11.1. The second-order valence-corrected chi connectivity index (χ2v) is 6.66. The fraction of sp³-hybridized carbons (Fsp3) is 0.765. The number of nitrogens with zero attached hydrogens (tertiary/aromatic N) is 3. The smallest absolute Gasteiger partial charge is 0.276 e. The van der Waals surface area contributed by atoms with Crippen LogP contribution in [0.5, 0.6) is 0 Å². The topological polar surface area (TPSA) is 58.8 Å². The van der Waals surface area contributed by atoms with Crippen LogP contribution in [0, 0.1) is 19.8 Å². The van der Waals surface area contributed by atoms with Crippen LogP contribution in [0.2, 0.25) is 0 Å². The van der Waals surface area contributed by atoms with E-state index in [9.17, 15) is 4.79 Å². The average Bonchev–Trinajstić information content (AvgIpc) is 2.93. The number of likely N-dealkylation sites (tertiary alicyclic amines) is 1. The van der Waals surface area contributed by atoms with Crippen LogP contribution in [0.1, 0.15) is 41.9 Å². The standard InChI is InChI=1S/C17H27N3O3/c1-12(19-8-10-22-11-9-19)15-4-6-20(7-5-15)17(21)16-13(2)23-14(3)18-16/h12,15H,4-11H2,1-3H3/t12-/m1/s1. The van der Waals surface area contributed by atoms with Gasteiger partial charge in [0, 0.05) is 39.1 Å². The van der Waals surface area contributed by atoms with Crippen LogP contribution in [0.4, 0.5) is 0 Å². The highest BCUT2D eigenvalue weighted by atomic mass is 16.5. The lowest BCUT2D eigenvalue weighted by Gasteiger charge is -2.40. The van der Waals surface area contributed by atoms with E-state index >= 15 is 0 Å². The zero-order chi connectivity index (χ0) is 16.4. The third-order valence-corrected chi connectivity index (χ3v) is 5.24. The molecule has 128 valence electrons. The minimum absolute atomic E-state index is 0.0109. The summed E-state index contributed by atoms with van der Waals surface area (Å²) in [5, 5.41) is 0. The number of carbonyl (C=O) groups excluding carboxylic acids is 1. The van der Waals surface area contributed by atoms with E-state index in [0.717, 1.165) is 52.2 Å². The Morgan fingerprint density at radius 1 is 1.17 bits per heavy atom. The summed E-state index contributed by atoms with van der Waals surface area (Å²) in [6.07, 6.45) is 2.11. The summed E-state index contributed by atoms with van der Waals surface area (Å²) < 4.78 is 10.8. The third-order valence-electron chi connectivity index (χ3n) is 5.24. The molecule has 3 heterocycles. The van der Waals surface area contributed by atoms with Crippen LogP contribution in [-0.4, -0.2) is 66.1 Å². The van der Waals surface area contributed by atoms with Gasteiger partial charge in [-0.3, -0.25) is 9.69 Å². The summed E-state index contributed by atoms with van der Waals surface area (Å²) in [6, 6.07) is 0.562. The van der Waals surface area contributed by atoms with Gasteiger partial charge < -0.3 is 14.1 Å². The van der Waals surface area contributed by atoms with Crippen molar-refractivity contribution in [2.45, 2.75) is 39.7 Å². The van der Waals surface area contributed by atoms with Crippen LogP contribution in [0.15, 0.2) is 4.42 Å². The van der Waals surface area contributed by atoms with E-state index in [1.807, 2.05) is 4.90 Å². The fourth-order valence-electron chi connectivity index (χ4n) is 3.74. The maximum absolute atomic E-state index is 12.6. The van der Waals surface area contributed by atoms with Crippen LogP contribution in [-0.2, 0) is 4.74 Å². The molecule has 6 nitrogen and oxygen atoms in total. The van der Waals surface area contributed by atoms with Crippen molar-refractivity contribution in [1.82, 2.24) is 14.8 Å². The van der Waals surface area contributed by atoms with E-state index in [0.29, 0.717) is 29.3 Å². The third kappa shape index (κ3) is 3.58. The highest BCUT2D eigenvalue weighted by Gasteiger charge is 2.31. The first-order valence-corrected chi connectivity index (χ1v) is 8.61. The molecule has 1 amide bonds. The Labute approximate surface area is 137 Å². The Morgan fingerprint density at radius 3 is 2.39 bits per heavy atom. The van der Waals surface area contributed by atoms with E-state index in [1.165, 1.54) is 0 Å². The van der Waals surface area contributed by atoms with E-state index in [-0.39, 0.29) is 5.91 Å². The van der Waals surface area contributed by atoms with Crippen LogP contribution in [0.3, 0.4) is 0 Å². The zero-order valence-corrected chi connectivity index (χ0v) is 14.4. The summed E-state index contributed by atoms with van der Waals surface area (Å²) in [5.74, 6) is 1.84. The van der Waals surface area contributed by atoms with Crippen LogP contribution >= 0.6 is 0 Å². The van der Waals surface area contributed by atoms with Gasteiger partial charge in [-0.2, -0.15) is 0 Å². The Balaban J connectivity index is 1.55. The highest BCUT2D eigenvalue weighted by Crippen LogP contribution is 2.26. The summed E-state index contributed by atoms with van der Waals surface area (Å²) in [4.78, 5) is 21.3. The van der Waals surface area contributed by atoms with Gasteiger partial charge in [-0.05, 0) is 32.6 Å². The number of oxazole rings is 1. The van der Waals surface area contributed by atoms with Crippen LogP contribution in [0.25, 0.3) is 0 Å². The molecule has 2 aliphatic rings. The molecule has 0 radical (unpaired) electrons. The molecule has 0 bridgehead atoms. The SMILES string of the molecule is Cc1nc(C(=O)N2CCC([C@@H](C)N3CCOCC3)CC2)c(C)o1. The molecule has 6 heteroatoms. The zero-order valence-electron chi connectivity index (χ0n) is 14.4. The average molecular weight is 321 g/mol. The van der Waals surface area contributed by atoms with Crippen molar-refractivity contribution in [2.75, 3.05) is 39.4 Å². The van der Waals surface area contributed by atoms with Crippen LogP contribution < -0.4 is 0 Å². The normalized spacial score (nSPS) is 22.3. The second-order valence-electron chi connectivity index (χ2n) is 6.66.